The van der Waals surface area contributed by atoms with Crippen molar-refractivity contribution in [1.82, 2.24) is 10.2 Å². The summed E-state index contributed by atoms with van der Waals surface area (Å²) >= 11 is 0. The van der Waals surface area contributed by atoms with Gasteiger partial charge < -0.3 is 24.8 Å². The molecule has 8 heteroatoms. The lowest BCUT2D eigenvalue weighted by Crippen LogP contribution is -2.59. The second kappa shape index (κ2) is 8.83. The topological polar surface area (TPSA) is 105 Å². The molecule has 8 nitrogen and oxygen atoms in total. The van der Waals surface area contributed by atoms with Crippen molar-refractivity contribution in [2.45, 2.75) is 90.1 Å². The lowest BCUT2D eigenvalue weighted by atomic mass is 9.70. The molecule has 2 N–H and O–H groups in total. The third kappa shape index (κ3) is 3.51. The molecule has 0 radical (unpaired) electrons. The maximum Gasteiger partial charge on any atom is 0.312 e. The number of rotatable bonds is 9. The van der Waals surface area contributed by atoms with Crippen molar-refractivity contribution in [3.63, 3.8) is 0 Å². The fourth-order valence-electron chi connectivity index (χ4n) is 5.70. The number of hydrogen-bond donors (Lipinski definition) is 2. The first kappa shape index (κ1) is 23.0. The molecule has 3 saturated heterocycles. The summed E-state index contributed by atoms with van der Waals surface area (Å²) in [6.45, 7) is 9.52. The normalized spacial score (nSPS) is 34.2. The molecule has 0 saturated carbocycles. The van der Waals surface area contributed by atoms with E-state index in [-0.39, 0.29) is 37.0 Å². The van der Waals surface area contributed by atoms with E-state index in [0.29, 0.717) is 12.8 Å². The van der Waals surface area contributed by atoms with E-state index < -0.39 is 41.6 Å². The van der Waals surface area contributed by atoms with E-state index in [9.17, 15) is 19.5 Å². The largest absolute Gasteiger partial charge is 0.466 e. The van der Waals surface area contributed by atoms with Crippen LogP contribution < -0.4 is 5.32 Å². The van der Waals surface area contributed by atoms with Crippen molar-refractivity contribution in [3.05, 3.63) is 0 Å². The molecule has 1 spiro atoms. The van der Waals surface area contributed by atoms with Gasteiger partial charge in [0.15, 0.2) is 0 Å². The lowest BCUT2D eigenvalue weighted by molar-refractivity contribution is -0.155. The Kier molecular flexibility index (Phi) is 6.77. The van der Waals surface area contributed by atoms with Crippen molar-refractivity contribution in [2.24, 2.45) is 17.8 Å². The Balaban J connectivity index is 2.02. The highest BCUT2D eigenvalue weighted by atomic mass is 16.6. The van der Waals surface area contributed by atoms with Gasteiger partial charge in [0.25, 0.3) is 0 Å². The van der Waals surface area contributed by atoms with Crippen LogP contribution in [0.2, 0.25) is 0 Å². The van der Waals surface area contributed by atoms with Crippen LogP contribution in [-0.2, 0) is 23.9 Å². The summed E-state index contributed by atoms with van der Waals surface area (Å²) < 4.78 is 11.6. The number of aliphatic hydroxyl groups excluding tert-OH is 1. The molecule has 0 aliphatic carbocycles. The van der Waals surface area contributed by atoms with Crippen molar-refractivity contribution in [1.29, 1.82) is 0 Å². The van der Waals surface area contributed by atoms with Crippen molar-refractivity contribution in [2.75, 3.05) is 13.2 Å². The van der Waals surface area contributed by atoms with Gasteiger partial charge in [0.05, 0.1) is 37.2 Å². The lowest BCUT2D eigenvalue weighted by Gasteiger charge is -2.38. The summed E-state index contributed by atoms with van der Waals surface area (Å²) in [7, 11) is 0. The molecule has 7 atom stereocenters. The molecule has 0 aromatic carbocycles. The Labute approximate surface area is 178 Å². The number of nitrogens with zero attached hydrogens (tertiary/aromatic N) is 1. The average Bonchev–Trinajstić information content (AvgIpc) is 3.30. The number of amides is 2. The van der Waals surface area contributed by atoms with Gasteiger partial charge in [-0.2, -0.15) is 0 Å². The Morgan fingerprint density at radius 2 is 2.03 bits per heavy atom. The third-order valence-corrected chi connectivity index (χ3v) is 6.97. The fourth-order valence-corrected chi connectivity index (χ4v) is 5.70. The molecule has 2 bridgehead atoms. The van der Waals surface area contributed by atoms with Gasteiger partial charge in [0.1, 0.15) is 11.6 Å². The van der Waals surface area contributed by atoms with Crippen LogP contribution in [0, 0.1) is 17.8 Å². The molecule has 3 heterocycles. The highest BCUT2D eigenvalue weighted by molar-refractivity contribution is 5.98. The minimum Gasteiger partial charge on any atom is -0.466 e. The zero-order chi connectivity index (χ0) is 22.2. The molecule has 3 unspecified atom stereocenters. The van der Waals surface area contributed by atoms with E-state index >= 15 is 0 Å². The van der Waals surface area contributed by atoms with Gasteiger partial charge in [-0.25, -0.2) is 0 Å². The molecule has 0 aromatic heterocycles. The molecule has 2 amide bonds. The zero-order valence-corrected chi connectivity index (χ0v) is 18.7. The number of carbonyl (C=O) groups excluding carboxylic acids is 3. The van der Waals surface area contributed by atoms with E-state index in [0.717, 1.165) is 12.8 Å². The average molecular weight is 425 g/mol. The summed E-state index contributed by atoms with van der Waals surface area (Å²) in [5, 5.41) is 13.1. The molecule has 3 rings (SSSR count). The van der Waals surface area contributed by atoms with Gasteiger partial charge in [-0.15, -0.1) is 0 Å². The molecule has 170 valence electrons. The summed E-state index contributed by atoms with van der Waals surface area (Å²) in [6.07, 6.45) is 2.50. The number of nitrogens with one attached hydrogen (secondary N) is 1. The van der Waals surface area contributed by atoms with Gasteiger partial charge in [-0.1, -0.05) is 27.2 Å². The number of fused-ring (bicyclic) bond motifs is 1. The number of hydrogen-bond acceptors (Lipinski definition) is 6. The predicted molar refractivity (Wildman–Crippen MR) is 109 cm³/mol. The van der Waals surface area contributed by atoms with Crippen LogP contribution in [0.25, 0.3) is 0 Å². The van der Waals surface area contributed by atoms with E-state index in [1.54, 1.807) is 6.92 Å². The maximum atomic E-state index is 13.7. The summed E-state index contributed by atoms with van der Waals surface area (Å²) in [5.41, 5.74) is -1.04. The van der Waals surface area contributed by atoms with Gasteiger partial charge in [-0.05, 0) is 39.0 Å². The molecule has 3 aliphatic rings. The fraction of sp³-hybridized carbons (Fsp3) is 0.864. The number of aliphatic hydroxyl groups is 1. The Morgan fingerprint density at radius 3 is 2.60 bits per heavy atom. The summed E-state index contributed by atoms with van der Waals surface area (Å²) in [5.74, 6) is -2.50. The first-order chi connectivity index (χ1) is 14.2. The Morgan fingerprint density at radius 1 is 1.33 bits per heavy atom. The number of likely N-dealkylation sites (tertiary alicyclic amines) is 1. The second-order valence-corrected chi connectivity index (χ2v) is 9.25. The summed E-state index contributed by atoms with van der Waals surface area (Å²) in [6, 6.07) is -1.43. The maximum absolute atomic E-state index is 13.7. The van der Waals surface area contributed by atoms with E-state index in [1.165, 1.54) is 4.90 Å². The third-order valence-electron chi connectivity index (χ3n) is 6.97. The van der Waals surface area contributed by atoms with Gasteiger partial charge in [0.2, 0.25) is 11.8 Å². The van der Waals surface area contributed by atoms with Gasteiger partial charge in [-0.3, -0.25) is 14.4 Å². The minimum absolute atomic E-state index is 0.0408. The smallest absolute Gasteiger partial charge is 0.312 e. The molecular formula is C22H36N2O6. The molecule has 3 fully saturated rings. The van der Waals surface area contributed by atoms with Crippen LogP contribution >= 0.6 is 0 Å². The van der Waals surface area contributed by atoms with Crippen LogP contribution in [-0.4, -0.2) is 70.8 Å². The zero-order valence-electron chi connectivity index (χ0n) is 18.7. The Bertz CT molecular complexity index is 683. The molecule has 30 heavy (non-hydrogen) atoms. The summed E-state index contributed by atoms with van der Waals surface area (Å²) in [4.78, 5) is 41.4. The van der Waals surface area contributed by atoms with Crippen LogP contribution in [0.3, 0.4) is 0 Å². The van der Waals surface area contributed by atoms with Crippen molar-refractivity contribution in [3.8, 4) is 0 Å². The van der Waals surface area contributed by atoms with Crippen LogP contribution in [0.4, 0.5) is 0 Å². The number of carbonyl (C=O) groups is 3. The highest BCUT2D eigenvalue weighted by Gasteiger charge is 2.75. The standard InChI is InChI=1S/C22H36N2O6/c1-6-8-13(5)23-19(26)18-22-10-9-15(30-22)16(21(28)29-7-2)17(22)20(27)24(18)14(11-25)12(3)4/h12-18,25H,6-11H2,1-5H3,(H,23,26)/t13?,14-,15-,16+,17-,18?,22?/m0/s1. The van der Waals surface area contributed by atoms with E-state index in [2.05, 4.69) is 12.2 Å². The molecule has 3 aliphatic heterocycles. The van der Waals surface area contributed by atoms with E-state index in [4.69, 9.17) is 9.47 Å². The number of ether oxygens (including phenoxy) is 2. The highest BCUT2D eigenvalue weighted by Crippen LogP contribution is 2.59. The monoisotopic (exact) mass is 424 g/mol. The van der Waals surface area contributed by atoms with Gasteiger partial charge >= 0.3 is 5.97 Å². The minimum atomic E-state index is -1.04. The molecule has 0 aromatic rings. The van der Waals surface area contributed by atoms with Crippen LogP contribution in [0.1, 0.15) is 60.3 Å². The van der Waals surface area contributed by atoms with Crippen molar-refractivity contribution < 1.29 is 29.0 Å². The van der Waals surface area contributed by atoms with Crippen molar-refractivity contribution >= 4 is 17.8 Å². The first-order valence-electron chi connectivity index (χ1n) is 11.3. The first-order valence-corrected chi connectivity index (χ1v) is 11.3. The second-order valence-electron chi connectivity index (χ2n) is 9.25. The quantitative estimate of drug-likeness (QED) is 0.540. The SMILES string of the molecule is CCCC(C)NC(=O)C1N([C@@H](CO)C(C)C)C(=O)[C@@H]2[C@H](C(=O)OCC)[C@@H]3CCC12O3. The number of esters is 1. The van der Waals surface area contributed by atoms with Gasteiger partial charge in [0, 0.05) is 6.04 Å². The van der Waals surface area contributed by atoms with Crippen LogP contribution in [0.15, 0.2) is 0 Å². The van der Waals surface area contributed by atoms with E-state index in [1.807, 2.05) is 20.8 Å². The predicted octanol–water partition coefficient (Wildman–Crippen LogP) is 1.25. The Hall–Kier alpha value is -1.67. The van der Waals surface area contributed by atoms with Crippen LogP contribution in [0.5, 0.6) is 0 Å². The molecular weight excluding hydrogens is 388 g/mol.